The number of aliphatic carboxylic acids is 1. The largest absolute Gasteiger partial charge is 0.480 e. The van der Waals surface area contributed by atoms with Crippen LogP contribution in [0.5, 0.6) is 0 Å². The van der Waals surface area contributed by atoms with Gasteiger partial charge in [-0.15, -0.1) is 0 Å². The maximum Gasteiger partial charge on any atom is 0.320 e. The zero-order chi connectivity index (χ0) is 10.9. The fourth-order valence-electron chi connectivity index (χ4n) is 1.79. The molecule has 82 valence electrons. The van der Waals surface area contributed by atoms with Crippen LogP contribution in [0.1, 0.15) is 33.6 Å². The minimum absolute atomic E-state index is 0.0188. The molecule has 1 heterocycles. The van der Waals surface area contributed by atoms with Gasteiger partial charge >= 0.3 is 5.97 Å². The van der Waals surface area contributed by atoms with E-state index in [9.17, 15) is 9.90 Å². The summed E-state index contributed by atoms with van der Waals surface area (Å²) in [6, 6.07) is -0.546. The molecule has 1 rings (SSSR count). The molecule has 3 N–H and O–H groups in total. The van der Waals surface area contributed by atoms with Crippen molar-refractivity contribution in [1.82, 2.24) is 5.32 Å². The topological polar surface area (TPSA) is 69.6 Å². The summed E-state index contributed by atoms with van der Waals surface area (Å²) < 4.78 is 0. The van der Waals surface area contributed by atoms with Crippen molar-refractivity contribution >= 4 is 5.97 Å². The predicted molar refractivity (Wildman–Crippen MR) is 53.0 cm³/mol. The molecule has 0 radical (unpaired) electrons. The van der Waals surface area contributed by atoms with E-state index in [0.29, 0.717) is 12.8 Å². The van der Waals surface area contributed by atoms with E-state index >= 15 is 0 Å². The normalized spacial score (nSPS) is 34.1. The average Bonchev–Trinajstić information content (AvgIpc) is 2.01. The molecule has 1 aliphatic heterocycles. The summed E-state index contributed by atoms with van der Waals surface area (Å²) >= 11 is 0. The summed E-state index contributed by atoms with van der Waals surface area (Å²) in [6.45, 7) is 6.13. The first kappa shape index (κ1) is 11.5. The van der Waals surface area contributed by atoms with E-state index < -0.39 is 18.1 Å². The molecule has 4 heteroatoms. The molecule has 14 heavy (non-hydrogen) atoms. The van der Waals surface area contributed by atoms with E-state index in [0.717, 1.165) is 0 Å². The van der Waals surface area contributed by atoms with Gasteiger partial charge in [-0.25, -0.2) is 0 Å². The molecule has 0 saturated carbocycles. The highest BCUT2D eigenvalue weighted by Gasteiger charge is 2.36. The fourth-order valence-corrected chi connectivity index (χ4v) is 1.79. The zero-order valence-corrected chi connectivity index (χ0v) is 8.95. The van der Waals surface area contributed by atoms with Crippen molar-refractivity contribution < 1.29 is 15.0 Å². The van der Waals surface area contributed by atoms with Gasteiger partial charge in [-0.3, -0.25) is 4.79 Å². The molecule has 0 aliphatic carbocycles. The first-order valence-corrected chi connectivity index (χ1v) is 4.97. The standard InChI is InChI=1S/C10H19NO3/c1-10(2,3)8-5-6(12)4-7(11-8)9(13)14/h6-8,11-12H,4-5H2,1-3H3,(H,13,14)/t6-,7+,8-/m0/s1. The Morgan fingerprint density at radius 1 is 1.36 bits per heavy atom. The maximum atomic E-state index is 10.8. The van der Waals surface area contributed by atoms with Crippen LogP contribution in [0, 0.1) is 5.41 Å². The summed E-state index contributed by atoms with van der Waals surface area (Å²) in [6.07, 6.45) is 0.441. The number of piperidine rings is 1. The summed E-state index contributed by atoms with van der Waals surface area (Å²) in [5.74, 6) is -0.877. The summed E-state index contributed by atoms with van der Waals surface area (Å²) in [5, 5.41) is 21.5. The van der Waals surface area contributed by atoms with Crippen LogP contribution in [-0.2, 0) is 4.79 Å². The van der Waals surface area contributed by atoms with Crippen molar-refractivity contribution in [3.63, 3.8) is 0 Å². The molecule has 0 bridgehead atoms. The molecule has 0 amide bonds. The van der Waals surface area contributed by atoms with Gasteiger partial charge in [0, 0.05) is 6.04 Å². The molecular weight excluding hydrogens is 182 g/mol. The summed E-state index contributed by atoms with van der Waals surface area (Å²) in [7, 11) is 0. The van der Waals surface area contributed by atoms with Crippen LogP contribution in [0.15, 0.2) is 0 Å². The van der Waals surface area contributed by atoms with Gasteiger partial charge in [-0.05, 0) is 18.3 Å². The third kappa shape index (κ3) is 2.69. The van der Waals surface area contributed by atoms with E-state index in [1.54, 1.807) is 0 Å². The third-order valence-electron chi connectivity index (χ3n) is 2.76. The lowest BCUT2D eigenvalue weighted by Crippen LogP contribution is -2.55. The van der Waals surface area contributed by atoms with Gasteiger partial charge in [0.1, 0.15) is 6.04 Å². The van der Waals surface area contributed by atoms with E-state index in [1.807, 2.05) is 20.8 Å². The Morgan fingerprint density at radius 2 is 1.93 bits per heavy atom. The van der Waals surface area contributed by atoms with Crippen molar-refractivity contribution in [3.8, 4) is 0 Å². The van der Waals surface area contributed by atoms with Crippen LogP contribution in [0.4, 0.5) is 0 Å². The van der Waals surface area contributed by atoms with Gasteiger partial charge in [0.2, 0.25) is 0 Å². The van der Waals surface area contributed by atoms with Crippen LogP contribution < -0.4 is 5.32 Å². The van der Waals surface area contributed by atoms with Gasteiger partial charge in [0.15, 0.2) is 0 Å². The molecule has 0 aromatic carbocycles. The van der Waals surface area contributed by atoms with Crippen LogP contribution in [0.25, 0.3) is 0 Å². The number of carboxylic acids is 1. The molecule has 1 aliphatic rings. The lowest BCUT2D eigenvalue weighted by atomic mass is 9.79. The highest BCUT2D eigenvalue weighted by atomic mass is 16.4. The number of aliphatic hydroxyl groups excluding tert-OH is 1. The number of carbonyl (C=O) groups is 1. The number of hydrogen-bond donors (Lipinski definition) is 3. The van der Waals surface area contributed by atoms with Crippen molar-refractivity contribution in [1.29, 1.82) is 0 Å². The van der Waals surface area contributed by atoms with E-state index in [-0.39, 0.29) is 11.5 Å². The average molecular weight is 201 g/mol. The number of nitrogens with one attached hydrogen (secondary N) is 1. The summed E-state index contributed by atoms with van der Waals surface area (Å²) in [5.41, 5.74) is -0.0188. The Hall–Kier alpha value is -0.610. The maximum absolute atomic E-state index is 10.8. The lowest BCUT2D eigenvalue weighted by molar-refractivity contribution is -0.142. The van der Waals surface area contributed by atoms with Crippen molar-refractivity contribution in [3.05, 3.63) is 0 Å². The quantitative estimate of drug-likeness (QED) is 0.581. The molecule has 0 spiro atoms. The first-order valence-electron chi connectivity index (χ1n) is 4.97. The Labute approximate surface area is 84.3 Å². The third-order valence-corrected chi connectivity index (χ3v) is 2.76. The SMILES string of the molecule is CC(C)(C)[C@@H]1C[C@@H](O)C[C@H](C(=O)O)N1. The van der Waals surface area contributed by atoms with E-state index in [2.05, 4.69) is 5.32 Å². The monoisotopic (exact) mass is 201 g/mol. The second kappa shape index (κ2) is 3.87. The van der Waals surface area contributed by atoms with Crippen LogP contribution in [-0.4, -0.2) is 34.4 Å². The van der Waals surface area contributed by atoms with Gasteiger partial charge in [-0.2, -0.15) is 0 Å². The van der Waals surface area contributed by atoms with Gasteiger partial charge in [0.25, 0.3) is 0 Å². The van der Waals surface area contributed by atoms with Gasteiger partial charge in [-0.1, -0.05) is 20.8 Å². The molecule has 4 nitrogen and oxygen atoms in total. The van der Waals surface area contributed by atoms with Crippen LogP contribution >= 0.6 is 0 Å². The second-order valence-electron chi connectivity index (χ2n) is 5.10. The number of carboxylic acid groups (broad SMARTS) is 1. The van der Waals surface area contributed by atoms with Crippen LogP contribution in [0.3, 0.4) is 0 Å². The number of hydrogen-bond acceptors (Lipinski definition) is 3. The number of rotatable bonds is 1. The number of aliphatic hydroxyl groups is 1. The molecule has 1 fully saturated rings. The molecule has 1 saturated heterocycles. The zero-order valence-electron chi connectivity index (χ0n) is 8.95. The summed E-state index contributed by atoms with van der Waals surface area (Å²) in [4.78, 5) is 10.8. The fraction of sp³-hybridized carbons (Fsp3) is 0.900. The molecule has 3 atom stereocenters. The first-order chi connectivity index (χ1) is 6.30. The minimum atomic E-state index is -0.877. The molecule has 0 aromatic rings. The Kier molecular flexibility index (Phi) is 3.17. The highest BCUT2D eigenvalue weighted by molar-refractivity contribution is 5.73. The van der Waals surface area contributed by atoms with Crippen molar-refractivity contribution in [2.75, 3.05) is 0 Å². The predicted octanol–water partition coefficient (Wildman–Crippen LogP) is 0.599. The Balaban J connectivity index is 2.68. The second-order valence-corrected chi connectivity index (χ2v) is 5.10. The molecule has 0 aromatic heterocycles. The van der Waals surface area contributed by atoms with Crippen LogP contribution in [0.2, 0.25) is 0 Å². The van der Waals surface area contributed by atoms with E-state index in [4.69, 9.17) is 5.11 Å². The molecule has 0 unspecified atom stereocenters. The van der Waals surface area contributed by atoms with Crippen molar-refractivity contribution in [2.45, 2.75) is 51.8 Å². The Morgan fingerprint density at radius 3 is 2.36 bits per heavy atom. The van der Waals surface area contributed by atoms with Crippen molar-refractivity contribution in [2.24, 2.45) is 5.41 Å². The highest BCUT2D eigenvalue weighted by Crippen LogP contribution is 2.27. The molecular formula is C10H19NO3. The van der Waals surface area contributed by atoms with Gasteiger partial charge in [0.05, 0.1) is 6.10 Å². The van der Waals surface area contributed by atoms with E-state index in [1.165, 1.54) is 0 Å². The minimum Gasteiger partial charge on any atom is -0.480 e. The lowest BCUT2D eigenvalue weighted by Gasteiger charge is -2.39. The smallest absolute Gasteiger partial charge is 0.320 e. The van der Waals surface area contributed by atoms with Gasteiger partial charge < -0.3 is 15.5 Å². The Bertz CT molecular complexity index is 222.